The fourth-order valence-corrected chi connectivity index (χ4v) is 2.24. The number of nitrogen functional groups attached to an aromatic ring is 1. The molecule has 4 N–H and O–H groups in total. The second-order valence-electron chi connectivity index (χ2n) is 4.38. The molecule has 110 valence electrons. The monoisotopic (exact) mass is 304 g/mol. The fraction of sp³-hybridized carbons (Fsp3) is 0.214. The summed E-state index contributed by atoms with van der Waals surface area (Å²) in [4.78, 5) is 27.5. The van der Waals surface area contributed by atoms with Gasteiger partial charge in [-0.25, -0.2) is 4.98 Å². The van der Waals surface area contributed by atoms with Gasteiger partial charge in [0, 0.05) is 29.6 Å². The summed E-state index contributed by atoms with van der Waals surface area (Å²) in [7, 11) is 0. The van der Waals surface area contributed by atoms with Crippen LogP contribution in [-0.4, -0.2) is 29.9 Å². The van der Waals surface area contributed by atoms with Crippen LogP contribution in [0.25, 0.3) is 0 Å². The average Bonchev–Trinajstić information content (AvgIpc) is 2.99. The van der Waals surface area contributed by atoms with Crippen molar-refractivity contribution in [2.24, 2.45) is 0 Å². The highest BCUT2D eigenvalue weighted by Gasteiger charge is 2.07. The molecular weight excluding hydrogens is 288 g/mol. The Labute approximate surface area is 126 Å². The first-order chi connectivity index (χ1) is 10.1. The predicted octanol–water partition coefficient (Wildman–Crippen LogP) is 0.814. The molecule has 2 amide bonds. The fourth-order valence-electron chi connectivity index (χ4n) is 1.65. The van der Waals surface area contributed by atoms with Crippen LogP contribution >= 0.6 is 11.3 Å². The minimum absolute atomic E-state index is 0.0553. The van der Waals surface area contributed by atoms with Crippen LogP contribution in [0.4, 0.5) is 5.69 Å². The zero-order chi connectivity index (χ0) is 15.1. The van der Waals surface area contributed by atoms with Gasteiger partial charge in [0.1, 0.15) is 0 Å². The number of thiazole rings is 1. The van der Waals surface area contributed by atoms with Crippen molar-refractivity contribution >= 4 is 28.8 Å². The number of aromatic nitrogens is 1. The summed E-state index contributed by atoms with van der Waals surface area (Å²) in [6.45, 7) is 0.445. The third-order valence-electron chi connectivity index (χ3n) is 2.77. The maximum absolute atomic E-state index is 11.8. The van der Waals surface area contributed by atoms with Crippen LogP contribution in [0.5, 0.6) is 0 Å². The van der Waals surface area contributed by atoms with Crippen molar-refractivity contribution in [3.63, 3.8) is 0 Å². The number of carbonyl (C=O) groups is 2. The van der Waals surface area contributed by atoms with Crippen molar-refractivity contribution < 1.29 is 9.59 Å². The highest BCUT2D eigenvalue weighted by atomic mass is 32.1. The molecule has 21 heavy (non-hydrogen) atoms. The predicted molar refractivity (Wildman–Crippen MR) is 82.0 cm³/mol. The van der Waals surface area contributed by atoms with Gasteiger partial charge >= 0.3 is 0 Å². The molecule has 0 bridgehead atoms. The van der Waals surface area contributed by atoms with Crippen LogP contribution in [-0.2, 0) is 11.2 Å². The molecule has 1 aromatic heterocycles. The lowest BCUT2D eigenvalue weighted by molar-refractivity contribution is -0.120. The van der Waals surface area contributed by atoms with Gasteiger partial charge in [-0.3, -0.25) is 9.59 Å². The minimum Gasteiger partial charge on any atom is -0.399 e. The van der Waals surface area contributed by atoms with E-state index in [1.54, 1.807) is 29.8 Å². The Kier molecular flexibility index (Phi) is 5.28. The second-order valence-corrected chi connectivity index (χ2v) is 5.10. The summed E-state index contributed by atoms with van der Waals surface area (Å²) < 4.78 is 0. The lowest BCUT2D eigenvalue weighted by Crippen LogP contribution is -2.37. The summed E-state index contributed by atoms with van der Waals surface area (Å²) in [5, 5.41) is 7.22. The molecular formula is C14H16N4O2S. The highest BCUT2D eigenvalue weighted by molar-refractivity contribution is 7.07. The molecule has 0 saturated heterocycles. The number of nitrogens with one attached hydrogen (secondary N) is 2. The lowest BCUT2D eigenvalue weighted by atomic mass is 10.2. The molecule has 0 spiro atoms. The standard InChI is InChI=1S/C14H16N4O2S/c15-11-3-1-10(2-4-11)14(20)17-7-13(19)16-6-5-12-8-21-9-18-12/h1-4,8-9H,5-7,15H2,(H,16,19)(H,17,20). The zero-order valence-electron chi connectivity index (χ0n) is 11.3. The number of benzene rings is 1. The van der Waals surface area contributed by atoms with Crippen LogP contribution in [0, 0.1) is 0 Å². The normalized spacial score (nSPS) is 10.1. The van der Waals surface area contributed by atoms with Crippen molar-refractivity contribution in [1.29, 1.82) is 0 Å². The van der Waals surface area contributed by atoms with Gasteiger partial charge in [-0.2, -0.15) is 0 Å². The van der Waals surface area contributed by atoms with E-state index >= 15 is 0 Å². The van der Waals surface area contributed by atoms with E-state index < -0.39 is 0 Å². The SMILES string of the molecule is Nc1ccc(C(=O)NCC(=O)NCCc2cscn2)cc1. The lowest BCUT2D eigenvalue weighted by Gasteiger charge is -2.06. The molecule has 0 aliphatic carbocycles. The topological polar surface area (TPSA) is 97.1 Å². The second kappa shape index (κ2) is 7.39. The van der Waals surface area contributed by atoms with Crippen LogP contribution in [0.3, 0.4) is 0 Å². The molecule has 2 aromatic rings. The number of anilines is 1. The molecule has 0 radical (unpaired) electrons. The number of rotatable bonds is 6. The number of hydrogen-bond donors (Lipinski definition) is 3. The van der Waals surface area contributed by atoms with Gasteiger partial charge in [0.2, 0.25) is 5.91 Å². The third kappa shape index (κ3) is 4.88. The number of amides is 2. The van der Waals surface area contributed by atoms with E-state index in [4.69, 9.17) is 5.73 Å². The number of carbonyl (C=O) groups excluding carboxylic acids is 2. The molecule has 6 nitrogen and oxygen atoms in total. The summed E-state index contributed by atoms with van der Waals surface area (Å²) in [6, 6.07) is 6.52. The summed E-state index contributed by atoms with van der Waals surface area (Å²) >= 11 is 1.52. The summed E-state index contributed by atoms with van der Waals surface area (Å²) in [5.74, 6) is -0.529. The smallest absolute Gasteiger partial charge is 0.251 e. The minimum atomic E-state index is -0.301. The Hall–Kier alpha value is -2.41. The number of hydrogen-bond acceptors (Lipinski definition) is 5. The zero-order valence-corrected chi connectivity index (χ0v) is 12.2. The Morgan fingerprint density at radius 3 is 2.62 bits per heavy atom. The molecule has 1 aromatic carbocycles. The highest BCUT2D eigenvalue weighted by Crippen LogP contribution is 2.04. The number of nitrogens with two attached hydrogens (primary N) is 1. The molecule has 2 rings (SSSR count). The van der Waals surface area contributed by atoms with E-state index in [2.05, 4.69) is 15.6 Å². The van der Waals surface area contributed by atoms with Crippen molar-refractivity contribution in [1.82, 2.24) is 15.6 Å². The van der Waals surface area contributed by atoms with Crippen molar-refractivity contribution in [2.75, 3.05) is 18.8 Å². The van der Waals surface area contributed by atoms with Crippen LogP contribution < -0.4 is 16.4 Å². The van der Waals surface area contributed by atoms with Crippen molar-refractivity contribution in [2.45, 2.75) is 6.42 Å². The van der Waals surface area contributed by atoms with Crippen molar-refractivity contribution in [3.05, 3.63) is 46.4 Å². The van der Waals surface area contributed by atoms with Gasteiger partial charge in [-0.1, -0.05) is 0 Å². The number of nitrogens with zero attached hydrogens (tertiary/aromatic N) is 1. The molecule has 0 fully saturated rings. The van der Waals surface area contributed by atoms with Gasteiger partial charge in [-0.15, -0.1) is 11.3 Å². The molecule has 0 atom stereocenters. The Bertz CT molecular complexity index is 596. The first-order valence-corrected chi connectivity index (χ1v) is 7.37. The van der Waals surface area contributed by atoms with Gasteiger partial charge < -0.3 is 16.4 Å². The van der Waals surface area contributed by atoms with Gasteiger partial charge in [0.15, 0.2) is 0 Å². The largest absolute Gasteiger partial charge is 0.399 e. The molecule has 0 unspecified atom stereocenters. The van der Waals surface area contributed by atoms with E-state index in [9.17, 15) is 9.59 Å². The van der Waals surface area contributed by atoms with Crippen LogP contribution in [0.2, 0.25) is 0 Å². The van der Waals surface area contributed by atoms with Gasteiger partial charge in [-0.05, 0) is 24.3 Å². The Morgan fingerprint density at radius 2 is 1.95 bits per heavy atom. The van der Waals surface area contributed by atoms with Gasteiger partial charge in [0.25, 0.3) is 5.91 Å². The first-order valence-electron chi connectivity index (χ1n) is 6.42. The van der Waals surface area contributed by atoms with Crippen LogP contribution in [0.1, 0.15) is 16.1 Å². The van der Waals surface area contributed by atoms with E-state index in [1.165, 1.54) is 11.3 Å². The summed E-state index contributed by atoms with van der Waals surface area (Å²) in [5.41, 5.74) is 9.31. The maximum Gasteiger partial charge on any atom is 0.251 e. The molecule has 7 heteroatoms. The molecule has 0 aliphatic rings. The Balaban J connectivity index is 1.68. The Morgan fingerprint density at radius 1 is 1.19 bits per heavy atom. The maximum atomic E-state index is 11.8. The van der Waals surface area contributed by atoms with Crippen LogP contribution in [0.15, 0.2) is 35.2 Å². The van der Waals surface area contributed by atoms with E-state index in [-0.39, 0.29) is 18.4 Å². The van der Waals surface area contributed by atoms with E-state index in [0.29, 0.717) is 24.2 Å². The summed E-state index contributed by atoms with van der Waals surface area (Å²) in [6.07, 6.45) is 0.682. The van der Waals surface area contributed by atoms with E-state index in [1.807, 2.05) is 5.38 Å². The van der Waals surface area contributed by atoms with Crippen molar-refractivity contribution in [3.8, 4) is 0 Å². The quantitative estimate of drug-likeness (QED) is 0.688. The average molecular weight is 304 g/mol. The molecule has 0 aliphatic heterocycles. The molecule has 1 heterocycles. The van der Waals surface area contributed by atoms with Gasteiger partial charge in [0.05, 0.1) is 17.7 Å². The molecule has 0 saturated carbocycles. The first kappa shape index (κ1) is 15.0. The third-order valence-corrected chi connectivity index (χ3v) is 3.40. The van der Waals surface area contributed by atoms with E-state index in [0.717, 1.165) is 5.69 Å².